The summed E-state index contributed by atoms with van der Waals surface area (Å²) in [6.45, 7) is 5.29. The maximum absolute atomic E-state index is 12.0. The van der Waals surface area contributed by atoms with E-state index >= 15 is 0 Å². The topological polar surface area (TPSA) is 66.9 Å². The van der Waals surface area contributed by atoms with Gasteiger partial charge in [0.05, 0.1) is 0 Å². The van der Waals surface area contributed by atoms with Crippen LogP contribution in [0.3, 0.4) is 0 Å². The van der Waals surface area contributed by atoms with Crippen molar-refractivity contribution < 1.29 is 4.79 Å². The van der Waals surface area contributed by atoms with Gasteiger partial charge in [-0.15, -0.1) is 10.2 Å². The van der Waals surface area contributed by atoms with E-state index in [2.05, 4.69) is 34.7 Å². The Morgan fingerprint density at radius 2 is 2.25 bits per heavy atom. The maximum atomic E-state index is 12.0. The van der Waals surface area contributed by atoms with E-state index in [0.29, 0.717) is 17.5 Å². The summed E-state index contributed by atoms with van der Waals surface area (Å²) in [5.41, 5.74) is 0. The van der Waals surface area contributed by atoms with Gasteiger partial charge in [0, 0.05) is 36.4 Å². The van der Waals surface area contributed by atoms with E-state index in [1.165, 1.54) is 11.3 Å². The monoisotopic (exact) mass is 314 g/mol. The number of anilines is 1. The van der Waals surface area contributed by atoms with Crippen molar-refractivity contribution in [3.05, 3.63) is 5.01 Å². The van der Waals surface area contributed by atoms with Crippen LogP contribution in [0, 0.1) is 0 Å². The molecule has 112 valence electrons. The lowest BCUT2D eigenvalue weighted by Crippen LogP contribution is -2.39. The van der Waals surface area contributed by atoms with E-state index in [4.69, 9.17) is 0 Å². The fraction of sp³-hybridized carbons (Fsp3) is 0.769. The van der Waals surface area contributed by atoms with Gasteiger partial charge < -0.3 is 10.6 Å². The summed E-state index contributed by atoms with van der Waals surface area (Å²) < 4.78 is 0. The Kier molecular flexibility index (Phi) is 6.25. The predicted octanol–water partition coefficient (Wildman–Crippen LogP) is 2.48. The molecular weight excluding hydrogens is 292 g/mol. The summed E-state index contributed by atoms with van der Waals surface area (Å²) in [4.78, 5) is 12.0. The summed E-state index contributed by atoms with van der Waals surface area (Å²) in [5.74, 6) is 2.61. The molecule has 0 aromatic carbocycles. The number of hydrogen-bond acceptors (Lipinski definition) is 6. The molecule has 1 fully saturated rings. The van der Waals surface area contributed by atoms with Crippen LogP contribution in [0.5, 0.6) is 0 Å². The Balaban J connectivity index is 1.84. The SMILES string of the molecule is CCC(CC)c1nnc(NC(=O)CC2CSCCN2)s1. The Hall–Kier alpha value is -0.660. The van der Waals surface area contributed by atoms with E-state index in [9.17, 15) is 4.79 Å². The largest absolute Gasteiger partial charge is 0.312 e. The molecule has 0 saturated carbocycles. The van der Waals surface area contributed by atoms with Gasteiger partial charge in [-0.2, -0.15) is 11.8 Å². The zero-order valence-corrected chi connectivity index (χ0v) is 13.6. The van der Waals surface area contributed by atoms with Crippen LogP contribution in [0.2, 0.25) is 0 Å². The van der Waals surface area contributed by atoms with Gasteiger partial charge in [-0.3, -0.25) is 4.79 Å². The molecule has 2 heterocycles. The second kappa shape index (κ2) is 7.95. The minimum absolute atomic E-state index is 0.0252. The summed E-state index contributed by atoms with van der Waals surface area (Å²) >= 11 is 3.40. The van der Waals surface area contributed by atoms with Crippen molar-refractivity contribution in [2.45, 2.75) is 45.1 Å². The Labute approximate surface area is 128 Å². The summed E-state index contributed by atoms with van der Waals surface area (Å²) in [6, 6.07) is 0.278. The van der Waals surface area contributed by atoms with Crippen LogP contribution in [0.15, 0.2) is 0 Å². The molecule has 1 saturated heterocycles. The molecular formula is C13H22N4OS2. The highest BCUT2D eigenvalue weighted by molar-refractivity contribution is 7.99. The van der Waals surface area contributed by atoms with Gasteiger partial charge >= 0.3 is 0 Å². The summed E-state index contributed by atoms with van der Waals surface area (Å²) in [5, 5.41) is 16.2. The second-order valence-electron chi connectivity index (χ2n) is 4.94. The number of aromatic nitrogens is 2. The smallest absolute Gasteiger partial charge is 0.227 e. The third-order valence-corrected chi connectivity index (χ3v) is 5.58. The fourth-order valence-corrected chi connectivity index (χ4v) is 4.21. The summed E-state index contributed by atoms with van der Waals surface area (Å²) in [6.07, 6.45) is 2.62. The first-order valence-electron chi connectivity index (χ1n) is 7.17. The van der Waals surface area contributed by atoms with Gasteiger partial charge in [-0.1, -0.05) is 25.2 Å². The Morgan fingerprint density at radius 1 is 1.45 bits per heavy atom. The second-order valence-corrected chi connectivity index (χ2v) is 7.10. The Morgan fingerprint density at radius 3 is 2.90 bits per heavy atom. The lowest BCUT2D eigenvalue weighted by atomic mass is 10.1. The first-order chi connectivity index (χ1) is 9.72. The number of amides is 1. The van der Waals surface area contributed by atoms with Crippen LogP contribution < -0.4 is 10.6 Å². The van der Waals surface area contributed by atoms with Crippen LogP contribution in [0.1, 0.15) is 44.0 Å². The lowest BCUT2D eigenvalue weighted by Gasteiger charge is -2.22. The van der Waals surface area contributed by atoms with Gasteiger partial charge in [-0.05, 0) is 12.8 Å². The third-order valence-electron chi connectivity index (χ3n) is 3.45. The quantitative estimate of drug-likeness (QED) is 0.844. The van der Waals surface area contributed by atoms with Gasteiger partial charge in [-0.25, -0.2) is 0 Å². The molecule has 20 heavy (non-hydrogen) atoms. The van der Waals surface area contributed by atoms with Crippen LogP contribution in [0.25, 0.3) is 0 Å². The lowest BCUT2D eigenvalue weighted by molar-refractivity contribution is -0.116. The van der Waals surface area contributed by atoms with Crippen molar-refractivity contribution >= 4 is 34.1 Å². The number of carbonyl (C=O) groups is 1. The number of nitrogens with one attached hydrogen (secondary N) is 2. The zero-order chi connectivity index (χ0) is 14.4. The molecule has 5 nitrogen and oxygen atoms in total. The molecule has 7 heteroatoms. The molecule has 1 aliphatic rings. The summed E-state index contributed by atoms with van der Waals surface area (Å²) in [7, 11) is 0. The van der Waals surface area contributed by atoms with E-state index in [1.807, 2.05) is 11.8 Å². The molecule has 1 atom stereocenters. The number of carbonyl (C=O) groups excluding carboxylic acids is 1. The molecule has 0 radical (unpaired) electrons. The molecule has 0 aliphatic carbocycles. The van der Waals surface area contributed by atoms with Crippen molar-refractivity contribution in [3.8, 4) is 0 Å². The third kappa shape index (κ3) is 4.43. The van der Waals surface area contributed by atoms with E-state index in [-0.39, 0.29) is 11.9 Å². The molecule has 2 N–H and O–H groups in total. The first-order valence-corrected chi connectivity index (χ1v) is 9.14. The van der Waals surface area contributed by atoms with Crippen molar-refractivity contribution in [1.82, 2.24) is 15.5 Å². The highest BCUT2D eigenvalue weighted by Crippen LogP contribution is 2.28. The number of thioether (sulfide) groups is 1. The Bertz CT molecular complexity index is 428. The number of rotatable bonds is 6. The molecule has 2 rings (SSSR count). The van der Waals surface area contributed by atoms with Gasteiger partial charge in [0.1, 0.15) is 5.01 Å². The first kappa shape index (κ1) is 15.7. The highest BCUT2D eigenvalue weighted by atomic mass is 32.2. The minimum Gasteiger partial charge on any atom is -0.312 e. The number of hydrogen-bond donors (Lipinski definition) is 2. The normalized spacial score (nSPS) is 19.2. The molecule has 1 unspecified atom stereocenters. The predicted molar refractivity (Wildman–Crippen MR) is 85.6 cm³/mol. The average Bonchev–Trinajstić information content (AvgIpc) is 2.89. The van der Waals surface area contributed by atoms with Crippen LogP contribution in [-0.2, 0) is 4.79 Å². The minimum atomic E-state index is 0.0252. The standard InChI is InChI=1S/C13H22N4OS2/c1-3-9(4-2)12-16-17-13(20-12)15-11(18)7-10-8-19-6-5-14-10/h9-10,14H,3-8H2,1-2H3,(H,15,17,18). The van der Waals surface area contributed by atoms with Crippen molar-refractivity contribution in [1.29, 1.82) is 0 Å². The van der Waals surface area contributed by atoms with Crippen molar-refractivity contribution in [2.75, 3.05) is 23.4 Å². The van der Waals surface area contributed by atoms with E-state index < -0.39 is 0 Å². The van der Waals surface area contributed by atoms with Crippen LogP contribution >= 0.6 is 23.1 Å². The number of nitrogens with zero attached hydrogens (tertiary/aromatic N) is 2. The molecule has 1 amide bonds. The average molecular weight is 314 g/mol. The highest BCUT2D eigenvalue weighted by Gasteiger charge is 2.18. The van der Waals surface area contributed by atoms with E-state index in [0.717, 1.165) is 35.9 Å². The van der Waals surface area contributed by atoms with Crippen molar-refractivity contribution in [3.63, 3.8) is 0 Å². The maximum Gasteiger partial charge on any atom is 0.227 e. The van der Waals surface area contributed by atoms with E-state index in [1.54, 1.807) is 0 Å². The van der Waals surface area contributed by atoms with Crippen LogP contribution in [0.4, 0.5) is 5.13 Å². The van der Waals surface area contributed by atoms with Crippen LogP contribution in [-0.4, -0.2) is 40.2 Å². The molecule has 0 spiro atoms. The van der Waals surface area contributed by atoms with Gasteiger partial charge in [0.25, 0.3) is 0 Å². The molecule has 0 bridgehead atoms. The fourth-order valence-electron chi connectivity index (χ4n) is 2.23. The molecule has 1 aromatic heterocycles. The van der Waals surface area contributed by atoms with Crippen molar-refractivity contribution in [2.24, 2.45) is 0 Å². The van der Waals surface area contributed by atoms with Gasteiger partial charge in [0.2, 0.25) is 11.0 Å². The molecule has 1 aliphatic heterocycles. The van der Waals surface area contributed by atoms with Gasteiger partial charge in [0.15, 0.2) is 0 Å². The molecule has 1 aromatic rings. The zero-order valence-electron chi connectivity index (χ0n) is 12.0.